The molecule has 2 atom stereocenters. The molecule has 7 heteroatoms. The Hall–Kier alpha value is -3.35. The number of aliphatic carboxylic acids is 1. The third kappa shape index (κ3) is 6.84. The number of nitrogens with one attached hydrogen (secondary N) is 2. The highest BCUT2D eigenvalue weighted by Crippen LogP contribution is 2.44. The minimum absolute atomic E-state index is 0.0448. The Morgan fingerprint density at radius 2 is 1.57 bits per heavy atom. The van der Waals surface area contributed by atoms with Crippen LogP contribution >= 0.6 is 0 Å². The number of hydrogen-bond acceptors (Lipinski definition) is 4. The molecule has 35 heavy (non-hydrogen) atoms. The van der Waals surface area contributed by atoms with Gasteiger partial charge in [-0.2, -0.15) is 0 Å². The second-order valence-corrected chi connectivity index (χ2v) is 10.4. The highest BCUT2D eigenvalue weighted by molar-refractivity contribution is 5.85. The van der Waals surface area contributed by atoms with Crippen molar-refractivity contribution in [1.29, 1.82) is 0 Å². The molecule has 0 aliphatic heterocycles. The number of carboxylic acids is 1. The first-order valence-electron chi connectivity index (χ1n) is 12.2. The molecule has 3 N–H and O–H groups in total. The molecule has 3 rings (SSSR count). The van der Waals surface area contributed by atoms with Gasteiger partial charge in [-0.25, -0.2) is 9.59 Å². The molecule has 1 aliphatic rings. The summed E-state index contributed by atoms with van der Waals surface area (Å²) in [5.74, 6) is -2.02. The van der Waals surface area contributed by atoms with Crippen molar-refractivity contribution in [3.05, 3.63) is 59.7 Å². The van der Waals surface area contributed by atoms with E-state index in [9.17, 15) is 19.5 Å². The molecule has 0 fully saturated rings. The Labute approximate surface area is 207 Å². The smallest absolute Gasteiger partial charge is 0.407 e. The highest BCUT2D eigenvalue weighted by atomic mass is 16.5. The lowest BCUT2D eigenvalue weighted by Gasteiger charge is -2.26. The van der Waals surface area contributed by atoms with Gasteiger partial charge in [0.15, 0.2) is 0 Å². The van der Waals surface area contributed by atoms with Gasteiger partial charge in [0, 0.05) is 12.5 Å². The molecule has 2 aromatic rings. The number of rotatable bonds is 10. The van der Waals surface area contributed by atoms with Gasteiger partial charge in [-0.3, -0.25) is 4.79 Å². The molecular weight excluding hydrogens is 444 g/mol. The lowest BCUT2D eigenvalue weighted by atomic mass is 9.87. The van der Waals surface area contributed by atoms with Gasteiger partial charge in [0.1, 0.15) is 12.6 Å². The Balaban J connectivity index is 1.57. The second kappa shape index (κ2) is 11.4. The molecule has 2 amide bonds. The number of hydrogen-bond donors (Lipinski definition) is 3. The van der Waals surface area contributed by atoms with Crippen molar-refractivity contribution >= 4 is 18.0 Å². The molecule has 188 valence electrons. The molecule has 0 aromatic heterocycles. The van der Waals surface area contributed by atoms with Crippen LogP contribution in [0, 0.1) is 11.3 Å². The summed E-state index contributed by atoms with van der Waals surface area (Å²) in [7, 11) is 0. The van der Waals surface area contributed by atoms with Crippen molar-refractivity contribution in [2.45, 2.75) is 58.9 Å². The number of carbonyl (C=O) groups is 3. The lowest BCUT2D eigenvalue weighted by molar-refractivity contribution is -0.143. The largest absolute Gasteiger partial charge is 0.480 e. The van der Waals surface area contributed by atoms with Crippen molar-refractivity contribution < 1.29 is 24.2 Å². The monoisotopic (exact) mass is 480 g/mol. The molecule has 2 unspecified atom stereocenters. The molecule has 0 radical (unpaired) electrons. The highest BCUT2D eigenvalue weighted by Gasteiger charge is 2.30. The number of fused-ring (bicyclic) bond motifs is 3. The molecule has 0 bridgehead atoms. The van der Waals surface area contributed by atoms with E-state index in [1.165, 1.54) is 0 Å². The molecule has 2 aromatic carbocycles. The quantitative estimate of drug-likeness (QED) is 0.446. The third-order valence-corrected chi connectivity index (χ3v) is 6.28. The van der Waals surface area contributed by atoms with Crippen LogP contribution in [0.25, 0.3) is 11.1 Å². The van der Waals surface area contributed by atoms with Gasteiger partial charge in [-0.15, -0.1) is 0 Å². The number of benzene rings is 2. The van der Waals surface area contributed by atoms with E-state index in [0.717, 1.165) is 28.7 Å². The maximum atomic E-state index is 12.8. The van der Waals surface area contributed by atoms with E-state index in [1.54, 1.807) is 0 Å². The molecule has 1 aliphatic carbocycles. The van der Waals surface area contributed by atoms with E-state index in [2.05, 4.69) is 34.9 Å². The molecule has 7 nitrogen and oxygen atoms in total. The predicted molar refractivity (Wildman–Crippen MR) is 135 cm³/mol. The summed E-state index contributed by atoms with van der Waals surface area (Å²) in [6.07, 6.45) is 0.969. The van der Waals surface area contributed by atoms with Crippen molar-refractivity contribution in [3.8, 4) is 11.1 Å². The summed E-state index contributed by atoms with van der Waals surface area (Å²) in [4.78, 5) is 37.0. The van der Waals surface area contributed by atoms with Crippen LogP contribution in [-0.4, -0.2) is 42.3 Å². The van der Waals surface area contributed by atoms with E-state index < -0.39 is 24.0 Å². The SMILES string of the molecule is CCCC(CNC(=O)OCC1c2ccccc2-c2ccccc21)C(=O)NC(CC(C)(C)C)C(=O)O. The summed E-state index contributed by atoms with van der Waals surface area (Å²) in [5.41, 5.74) is 4.31. The Morgan fingerprint density at radius 1 is 1.00 bits per heavy atom. The predicted octanol–water partition coefficient (Wildman–Crippen LogP) is 4.95. The van der Waals surface area contributed by atoms with Gasteiger partial charge in [-0.05, 0) is 40.5 Å². The minimum atomic E-state index is -1.06. The van der Waals surface area contributed by atoms with Gasteiger partial charge in [0.05, 0.1) is 5.92 Å². The van der Waals surface area contributed by atoms with Gasteiger partial charge in [0.2, 0.25) is 5.91 Å². The Morgan fingerprint density at radius 3 is 2.09 bits per heavy atom. The zero-order chi connectivity index (χ0) is 25.6. The van der Waals surface area contributed by atoms with Gasteiger partial charge in [0.25, 0.3) is 0 Å². The maximum Gasteiger partial charge on any atom is 0.407 e. The fourth-order valence-electron chi connectivity index (χ4n) is 4.63. The first-order valence-corrected chi connectivity index (χ1v) is 12.2. The van der Waals surface area contributed by atoms with Crippen molar-refractivity contribution in [2.24, 2.45) is 11.3 Å². The second-order valence-electron chi connectivity index (χ2n) is 10.4. The average molecular weight is 481 g/mol. The minimum Gasteiger partial charge on any atom is -0.480 e. The van der Waals surface area contributed by atoms with Crippen LogP contribution in [-0.2, 0) is 14.3 Å². The van der Waals surface area contributed by atoms with Crippen LogP contribution in [0.3, 0.4) is 0 Å². The van der Waals surface area contributed by atoms with Crippen LogP contribution in [0.2, 0.25) is 0 Å². The summed E-state index contributed by atoms with van der Waals surface area (Å²) in [5, 5.41) is 14.9. The van der Waals surface area contributed by atoms with E-state index in [4.69, 9.17) is 4.74 Å². The molecular formula is C28H36N2O5. The normalized spacial score (nSPS) is 14.4. The zero-order valence-electron chi connectivity index (χ0n) is 21.0. The first-order chi connectivity index (χ1) is 16.6. The van der Waals surface area contributed by atoms with E-state index in [-0.39, 0.29) is 30.4 Å². The van der Waals surface area contributed by atoms with Crippen LogP contribution in [0.4, 0.5) is 4.79 Å². The standard InChI is InChI=1S/C28H36N2O5/c1-5-10-18(25(31)30-24(26(32)33)15-28(2,3)4)16-29-27(34)35-17-23-21-13-8-6-11-19(21)20-12-7-9-14-22(20)23/h6-9,11-14,18,23-24H,5,10,15-17H2,1-4H3,(H,29,34)(H,30,31)(H,32,33). The average Bonchev–Trinajstić information content (AvgIpc) is 3.12. The zero-order valence-corrected chi connectivity index (χ0v) is 21.0. The summed E-state index contributed by atoms with van der Waals surface area (Å²) in [6, 6.07) is 15.3. The van der Waals surface area contributed by atoms with Gasteiger partial charge in [-0.1, -0.05) is 82.6 Å². The Bertz CT molecular complexity index is 1010. The van der Waals surface area contributed by atoms with E-state index >= 15 is 0 Å². The summed E-state index contributed by atoms with van der Waals surface area (Å²) >= 11 is 0. The van der Waals surface area contributed by atoms with Crippen LogP contribution < -0.4 is 10.6 Å². The van der Waals surface area contributed by atoms with Gasteiger partial charge < -0.3 is 20.5 Å². The van der Waals surface area contributed by atoms with Gasteiger partial charge >= 0.3 is 12.1 Å². The number of carboxylic acid groups (broad SMARTS) is 1. The fraction of sp³-hybridized carbons (Fsp3) is 0.464. The number of carbonyl (C=O) groups excluding carboxylic acids is 2. The van der Waals surface area contributed by atoms with Crippen molar-refractivity contribution in [1.82, 2.24) is 10.6 Å². The van der Waals surface area contributed by atoms with Crippen LogP contribution in [0.15, 0.2) is 48.5 Å². The number of ether oxygens (including phenoxy) is 1. The summed E-state index contributed by atoms with van der Waals surface area (Å²) < 4.78 is 5.56. The Kier molecular flexibility index (Phi) is 8.54. The van der Waals surface area contributed by atoms with Crippen molar-refractivity contribution in [2.75, 3.05) is 13.2 Å². The number of alkyl carbamates (subject to hydrolysis) is 1. The van der Waals surface area contributed by atoms with Crippen LogP contribution in [0.5, 0.6) is 0 Å². The number of amides is 2. The third-order valence-electron chi connectivity index (χ3n) is 6.28. The lowest BCUT2D eigenvalue weighted by Crippen LogP contribution is -2.47. The molecule has 0 heterocycles. The van der Waals surface area contributed by atoms with Crippen LogP contribution in [0.1, 0.15) is 64.0 Å². The topological polar surface area (TPSA) is 105 Å². The molecule has 0 saturated heterocycles. The fourth-order valence-corrected chi connectivity index (χ4v) is 4.63. The maximum absolute atomic E-state index is 12.8. The molecule has 0 saturated carbocycles. The molecule has 0 spiro atoms. The van der Waals surface area contributed by atoms with Crippen molar-refractivity contribution in [3.63, 3.8) is 0 Å². The van der Waals surface area contributed by atoms with E-state index in [1.807, 2.05) is 52.0 Å². The first kappa shape index (κ1) is 26.3. The van der Waals surface area contributed by atoms with E-state index in [0.29, 0.717) is 12.8 Å². The summed E-state index contributed by atoms with van der Waals surface area (Å²) in [6.45, 7) is 8.00.